The van der Waals surface area contributed by atoms with Crippen molar-refractivity contribution in [2.75, 3.05) is 13.2 Å². The first kappa shape index (κ1) is 15.0. The fraction of sp³-hybridized carbons (Fsp3) is 0.500. The highest BCUT2D eigenvalue weighted by molar-refractivity contribution is 6.30. The highest BCUT2D eigenvalue weighted by Crippen LogP contribution is 2.15. The Bertz CT molecular complexity index is 365. The van der Waals surface area contributed by atoms with E-state index >= 15 is 0 Å². The molecule has 1 atom stereocenters. The van der Waals surface area contributed by atoms with Crippen LogP contribution < -0.4 is 5.32 Å². The molecular weight excluding hydrogens is 250 g/mol. The first-order valence-corrected chi connectivity index (χ1v) is 6.65. The van der Waals surface area contributed by atoms with Crippen molar-refractivity contribution < 1.29 is 9.53 Å². The fourth-order valence-corrected chi connectivity index (χ4v) is 1.61. The van der Waals surface area contributed by atoms with Crippen LogP contribution in [0.4, 0.5) is 0 Å². The molecule has 1 aromatic carbocycles. The van der Waals surface area contributed by atoms with Gasteiger partial charge in [0.2, 0.25) is 0 Å². The van der Waals surface area contributed by atoms with Crippen molar-refractivity contribution in [3.05, 3.63) is 34.9 Å². The summed E-state index contributed by atoms with van der Waals surface area (Å²) >= 11 is 5.82. The molecule has 0 aromatic heterocycles. The number of carbonyl (C=O) groups is 1. The lowest BCUT2D eigenvalue weighted by molar-refractivity contribution is -0.142. The van der Waals surface area contributed by atoms with Gasteiger partial charge in [-0.05, 0) is 31.0 Å². The first-order valence-electron chi connectivity index (χ1n) is 6.28. The minimum absolute atomic E-state index is 0.0981. The number of rotatable bonds is 7. The normalized spacial score (nSPS) is 12.2. The maximum absolute atomic E-state index is 11.4. The second-order valence-corrected chi connectivity index (χ2v) is 4.66. The van der Waals surface area contributed by atoms with E-state index in [0.29, 0.717) is 11.6 Å². The third-order valence-electron chi connectivity index (χ3n) is 2.68. The van der Waals surface area contributed by atoms with E-state index in [-0.39, 0.29) is 18.6 Å². The standard InChI is InChI=1S/C14H20ClNO2/c1-3-4-9-18-14(17)10-16-11(2)12-5-7-13(15)8-6-12/h5-8,11,16H,3-4,9-10H2,1-2H3/t11-/m0/s1. The van der Waals surface area contributed by atoms with Gasteiger partial charge in [-0.3, -0.25) is 4.79 Å². The van der Waals surface area contributed by atoms with Gasteiger partial charge in [-0.25, -0.2) is 0 Å². The Labute approximate surface area is 113 Å². The number of nitrogens with one attached hydrogen (secondary N) is 1. The summed E-state index contributed by atoms with van der Waals surface area (Å²) in [5.74, 6) is -0.204. The van der Waals surface area contributed by atoms with Crippen LogP contribution in [0.25, 0.3) is 0 Å². The van der Waals surface area contributed by atoms with E-state index in [0.717, 1.165) is 18.4 Å². The molecule has 0 heterocycles. The average Bonchev–Trinajstić information content (AvgIpc) is 2.37. The maximum Gasteiger partial charge on any atom is 0.319 e. The zero-order chi connectivity index (χ0) is 13.4. The Morgan fingerprint density at radius 2 is 2.06 bits per heavy atom. The third kappa shape index (κ3) is 5.52. The lowest BCUT2D eigenvalue weighted by atomic mass is 10.1. The number of benzene rings is 1. The molecule has 3 nitrogen and oxygen atoms in total. The van der Waals surface area contributed by atoms with Crippen LogP contribution >= 0.6 is 11.6 Å². The molecule has 0 saturated heterocycles. The third-order valence-corrected chi connectivity index (χ3v) is 2.94. The summed E-state index contributed by atoms with van der Waals surface area (Å²) in [4.78, 5) is 11.4. The molecule has 0 radical (unpaired) electrons. The van der Waals surface area contributed by atoms with Crippen LogP contribution in [0.1, 0.15) is 38.3 Å². The molecule has 0 aliphatic rings. The number of hydrogen-bond donors (Lipinski definition) is 1. The molecule has 0 aliphatic carbocycles. The number of unbranched alkanes of at least 4 members (excludes halogenated alkanes) is 1. The van der Waals surface area contributed by atoms with Crippen LogP contribution in [0.5, 0.6) is 0 Å². The molecule has 0 aliphatic heterocycles. The van der Waals surface area contributed by atoms with E-state index < -0.39 is 0 Å². The molecule has 0 unspecified atom stereocenters. The number of carbonyl (C=O) groups excluding carboxylic acids is 1. The number of hydrogen-bond acceptors (Lipinski definition) is 3. The summed E-state index contributed by atoms with van der Waals surface area (Å²) in [5.41, 5.74) is 1.10. The Hall–Kier alpha value is -1.06. The molecule has 1 N–H and O–H groups in total. The van der Waals surface area contributed by atoms with Gasteiger partial charge >= 0.3 is 5.97 Å². The number of esters is 1. The quantitative estimate of drug-likeness (QED) is 0.609. The molecule has 4 heteroatoms. The molecular formula is C14H20ClNO2. The van der Waals surface area contributed by atoms with Crippen LogP contribution in [0.15, 0.2) is 24.3 Å². The topological polar surface area (TPSA) is 38.3 Å². The van der Waals surface area contributed by atoms with Crippen molar-refractivity contribution in [2.24, 2.45) is 0 Å². The molecule has 0 saturated carbocycles. The van der Waals surface area contributed by atoms with E-state index in [1.54, 1.807) is 0 Å². The van der Waals surface area contributed by atoms with Gasteiger partial charge in [-0.1, -0.05) is 37.1 Å². The van der Waals surface area contributed by atoms with Crippen LogP contribution in [-0.2, 0) is 9.53 Å². The second-order valence-electron chi connectivity index (χ2n) is 4.23. The molecule has 0 amide bonds. The average molecular weight is 270 g/mol. The fourth-order valence-electron chi connectivity index (χ4n) is 1.49. The van der Waals surface area contributed by atoms with Gasteiger partial charge in [-0.2, -0.15) is 0 Å². The van der Waals surface area contributed by atoms with E-state index in [1.807, 2.05) is 31.2 Å². The monoisotopic (exact) mass is 269 g/mol. The highest BCUT2D eigenvalue weighted by Gasteiger charge is 2.08. The van der Waals surface area contributed by atoms with Gasteiger partial charge in [0.25, 0.3) is 0 Å². The summed E-state index contributed by atoms with van der Waals surface area (Å²) in [7, 11) is 0. The van der Waals surface area contributed by atoms with Crippen LogP contribution in [0.2, 0.25) is 5.02 Å². The van der Waals surface area contributed by atoms with Crippen molar-refractivity contribution in [3.8, 4) is 0 Å². The molecule has 0 spiro atoms. The van der Waals surface area contributed by atoms with Crippen molar-refractivity contribution in [1.29, 1.82) is 0 Å². The largest absolute Gasteiger partial charge is 0.465 e. The zero-order valence-corrected chi connectivity index (χ0v) is 11.7. The first-order chi connectivity index (χ1) is 8.63. The van der Waals surface area contributed by atoms with Crippen molar-refractivity contribution >= 4 is 17.6 Å². The van der Waals surface area contributed by atoms with Gasteiger partial charge in [0.15, 0.2) is 0 Å². The van der Waals surface area contributed by atoms with Gasteiger partial charge in [0.1, 0.15) is 0 Å². The Morgan fingerprint density at radius 1 is 1.39 bits per heavy atom. The predicted octanol–water partition coefficient (Wildman–Crippen LogP) is 3.33. The van der Waals surface area contributed by atoms with E-state index in [9.17, 15) is 4.79 Å². The summed E-state index contributed by atoms with van der Waals surface area (Å²) in [6.07, 6.45) is 1.94. The van der Waals surface area contributed by atoms with Crippen molar-refractivity contribution in [2.45, 2.75) is 32.7 Å². The Balaban J connectivity index is 2.30. The molecule has 18 heavy (non-hydrogen) atoms. The summed E-state index contributed by atoms with van der Waals surface area (Å²) in [6, 6.07) is 7.68. The van der Waals surface area contributed by atoms with Crippen molar-refractivity contribution in [3.63, 3.8) is 0 Å². The van der Waals surface area contributed by atoms with E-state index in [4.69, 9.17) is 16.3 Å². The lowest BCUT2D eigenvalue weighted by Gasteiger charge is -2.13. The molecule has 1 aromatic rings. The Morgan fingerprint density at radius 3 is 2.67 bits per heavy atom. The minimum atomic E-state index is -0.204. The summed E-state index contributed by atoms with van der Waals surface area (Å²) in [6.45, 7) is 4.80. The second kappa shape index (κ2) is 8.11. The highest BCUT2D eigenvalue weighted by atomic mass is 35.5. The van der Waals surface area contributed by atoms with Crippen LogP contribution in [0.3, 0.4) is 0 Å². The van der Waals surface area contributed by atoms with E-state index in [2.05, 4.69) is 12.2 Å². The van der Waals surface area contributed by atoms with Crippen molar-refractivity contribution in [1.82, 2.24) is 5.32 Å². The maximum atomic E-state index is 11.4. The predicted molar refractivity (Wildman–Crippen MR) is 73.7 cm³/mol. The molecule has 1 rings (SSSR count). The zero-order valence-electron chi connectivity index (χ0n) is 10.9. The smallest absolute Gasteiger partial charge is 0.319 e. The molecule has 0 bridgehead atoms. The summed E-state index contributed by atoms with van der Waals surface area (Å²) in [5, 5.41) is 3.84. The van der Waals surface area contributed by atoms with Gasteiger partial charge < -0.3 is 10.1 Å². The SMILES string of the molecule is CCCCOC(=O)CN[C@@H](C)c1ccc(Cl)cc1. The number of halogens is 1. The Kier molecular flexibility index (Phi) is 6.76. The van der Waals surface area contributed by atoms with Gasteiger partial charge in [-0.15, -0.1) is 0 Å². The minimum Gasteiger partial charge on any atom is -0.465 e. The van der Waals surface area contributed by atoms with Crippen LogP contribution in [-0.4, -0.2) is 19.1 Å². The van der Waals surface area contributed by atoms with Crippen LogP contribution in [0, 0.1) is 0 Å². The van der Waals surface area contributed by atoms with Gasteiger partial charge in [0, 0.05) is 11.1 Å². The number of ether oxygens (including phenoxy) is 1. The van der Waals surface area contributed by atoms with Gasteiger partial charge in [0.05, 0.1) is 13.2 Å². The van der Waals surface area contributed by atoms with E-state index in [1.165, 1.54) is 0 Å². The molecule has 100 valence electrons. The summed E-state index contributed by atoms with van der Waals surface area (Å²) < 4.78 is 5.07. The molecule has 0 fully saturated rings. The lowest BCUT2D eigenvalue weighted by Crippen LogP contribution is -2.27.